The number of aliphatic carboxylic acids is 3. The molecule has 0 aliphatic rings. The van der Waals surface area contributed by atoms with Crippen molar-refractivity contribution in [3.63, 3.8) is 0 Å². The molecule has 0 aliphatic heterocycles. The van der Waals surface area contributed by atoms with Crippen LogP contribution in [0.1, 0.15) is 19.8 Å². The van der Waals surface area contributed by atoms with Crippen LogP contribution < -0.4 is 5.32 Å². The first kappa shape index (κ1) is 19.1. The molecule has 0 fully saturated rings. The van der Waals surface area contributed by atoms with Crippen molar-refractivity contribution >= 4 is 17.9 Å². The molecule has 1 atom stereocenters. The maximum Gasteiger partial charge on any atom is 0.320 e. The zero-order chi connectivity index (χ0) is 16.4. The zero-order valence-electron chi connectivity index (χ0n) is 12.0. The number of carbonyl (C=O) groups is 3. The van der Waals surface area contributed by atoms with Gasteiger partial charge in [0.1, 0.15) is 6.04 Å². The molecule has 8 heteroatoms. The highest BCUT2D eigenvalue weighted by Crippen LogP contribution is 2.08. The molecule has 1 unspecified atom stereocenters. The fourth-order valence-electron chi connectivity index (χ4n) is 1.81. The molecule has 0 aromatic carbocycles. The monoisotopic (exact) mass is 302 g/mol. The fourth-order valence-corrected chi connectivity index (χ4v) is 1.81. The minimum atomic E-state index is -1.26. The SMILES string of the molecule is C=C(C)CNCCCC(C(=O)O)N(CC(=O)O)CC(=O)O. The molecular formula is C13H22N2O6. The summed E-state index contributed by atoms with van der Waals surface area (Å²) in [6, 6.07) is -1.14. The third-order valence-corrected chi connectivity index (χ3v) is 2.66. The van der Waals surface area contributed by atoms with Crippen molar-refractivity contribution < 1.29 is 29.7 Å². The quantitative estimate of drug-likeness (QED) is 0.290. The van der Waals surface area contributed by atoms with Gasteiger partial charge in [-0.2, -0.15) is 0 Å². The first-order valence-corrected chi connectivity index (χ1v) is 6.49. The van der Waals surface area contributed by atoms with E-state index in [1.54, 1.807) is 0 Å². The molecule has 120 valence electrons. The van der Waals surface area contributed by atoms with Gasteiger partial charge in [-0.1, -0.05) is 12.2 Å². The molecular weight excluding hydrogens is 280 g/mol. The van der Waals surface area contributed by atoms with Crippen LogP contribution in [0.15, 0.2) is 12.2 Å². The molecule has 0 aliphatic carbocycles. The predicted molar refractivity (Wildman–Crippen MR) is 75.2 cm³/mol. The number of hydrogen-bond acceptors (Lipinski definition) is 5. The Morgan fingerprint density at radius 2 is 1.67 bits per heavy atom. The van der Waals surface area contributed by atoms with Crippen LogP contribution in [0.25, 0.3) is 0 Å². The van der Waals surface area contributed by atoms with E-state index in [1.807, 2.05) is 6.92 Å². The van der Waals surface area contributed by atoms with E-state index >= 15 is 0 Å². The summed E-state index contributed by atoms with van der Waals surface area (Å²) in [5.74, 6) is -3.75. The lowest BCUT2D eigenvalue weighted by Gasteiger charge is -2.25. The first-order chi connectivity index (χ1) is 9.73. The summed E-state index contributed by atoms with van der Waals surface area (Å²) in [5.41, 5.74) is 0.947. The van der Waals surface area contributed by atoms with Gasteiger partial charge in [-0.3, -0.25) is 19.3 Å². The highest BCUT2D eigenvalue weighted by Gasteiger charge is 2.28. The normalized spacial score (nSPS) is 12.1. The minimum Gasteiger partial charge on any atom is -0.480 e. The Balaban J connectivity index is 4.51. The Labute approximate surface area is 123 Å². The molecule has 0 rings (SSSR count). The van der Waals surface area contributed by atoms with E-state index in [-0.39, 0.29) is 6.42 Å². The van der Waals surface area contributed by atoms with Crippen molar-refractivity contribution in [1.82, 2.24) is 10.2 Å². The molecule has 21 heavy (non-hydrogen) atoms. The molecule has 8 nitrogen and oxygen atoms in total. The number of rotatable bonds is 12. The van der Waals surface area contributed by atoms with E-state index in [1.165, 1.54) is 0 Å². The van der Waals surface area contributed by atoms with Crippen LogP contribution in [-0.4, -0.2) is 70.3 Å². The van der Waals surface area contributed by atoms with Crippen LogP contribution in [0.4, 0.5) is 0 Å². The molecule has 0 saturated carbocycles. The molecule has 0 radical (unpaired) electrons. The van der Waals surface area contributed by atoms with E-state index < -0.39 is 37.0 Å². The van der Waals surface area contributed by atoms with Gasteiger partial charge < -0.3 is 20.6 Å². The Kier molecular flexibility index (Phi) is 8.98. The predicted octanol–water partition coefficient (Wildman–Crippen LogP) is -0.143. The van der Waals surface area contributed by atoms with Crippen LogP contribution in [0, 0.1) is 0 Å². The van der Waals surface area contributed by atoms with Gasteiger partial charge in [-0.25, -0.2) is 0 Å². The molecule has 0 spiro atoms. The molecule has 0 heterocycles. The van der Waals surface area contributed by atoms with Gasteiger partial charge in [-0.15, -0.1) is 0 Å². The first-order valence-electron chi connectivity index (χ1n) is 6.49. The number of carboxylic acid groups (broad SMARTS) is 3. The van der Waals surface area contributed by atoms with E-state index in [2.05, 4.69) is 11.9 Å². The zero-order valence-corrected chi connectivity index (χ0v) is 12.0. The van der Waals surface area contributed by atoms with Crippen LogP contribution in [-0.2, 0) is 14.4 Å². The standard InChI is InChI=1S/C13H22N2O6/c1-9(2)6-14-5-3-4-10(13(20)21)15(7-11(16)17)8-12(18)19/h10,14H,1,3-8H2,2H3,(H,16,17)(H,18,19)(H,20,21). The third kappa shape index (κ3) is 9.58. The molecule has 0 saturated heterocycles. The van der Waals surface area contributed by atoms with Gasteiger partial charge >= 0.3 is 17.9 Å². The lowest BCUT2D eigenvalue weighted by atomic mass is 10.1. The van der Waals surface area contributed by atoms with Crippen LogP contribution in [0.3, 0.4) is 0 Å². The molecule has 0 aromatic rings. The van der Waals surface area contributed by atoms with Gasteiger partial charge in [0.15, 0.2) is 0 Å². The Hall–Kier alpha value is -1.93. The third-order valence-electron chi connectivity index (χ3n) is 2.66. The molecule has 0 amide bonds. The maximum atomic E-state index is 11.2. The van der Waals surface area contributed by atoms with E-state index in [0.717, 1.165) is 10.5 Å². The van der Waals surface area contributed by atoms with Crippen LogP contribution in [0.2, 0.25) is 0 Å². The highest BCUT2D eigenvalue weighted by atomic mass is 16.4. The summed E-state index contributed by atoms with van der Waals surface area (Å²) < 4.78 is 0. The van der Waals surface area contributed by atoms with Gasteiger partial charge in [0.05, 0.1) is 13.1 Å². The van der Waals surface area contributed by atoms with E-state index in [4.69, 9.17) is 15.3 Å². The van der Waals surface area contributed by atoms with Crippen molar-refractivity contribution in [2.24, 2.45) is 0 Å². The summed E-state index contributed by atoms with van der Waals surface area (Å²) >= 11 is 0. The maximum absolute atomic E-state index is 11.2. The van der Waals surface area contributed by atoms with Crippen LogP contribution in [0.5, 0.6) is 0 Å². The summed E-state index contributed by atoms with van der Waals surface area (Å²) in [5, 5.41) is 29.7. The Morgan fingerprint density at radius 1 is 1.14 bits per heavy atom. The lowest BCUT2D eigenvalue weighted by molar-refractivity contribution is -0.149. The van der Waals surface area contributed by atoms with Gasteiger partial charge in [0.2, 0.25) is 0 Å². The average molecular weight is 302 g/mol. The summed E-state index contributed by atoms with van der Waals surface area (Å²) in [7, 11) is 0. The van der Waals surface area contributed by atoms with Crippen LogP contribution >= 0.6 is 0 Å². The van der Waals surface area contributed by atoms with Crippen molar-refractivity contribution in [3.05, 3.63) is 12.2 Å². The number of carboxylic acids is 3. The van der Waals surface area contributed by atoms with Gasteiger partial charge in [-0.05, 0) is 26.3 Å². The lowest BCUT2D eigenvalue weighted by Crippen LogP contribution is -2.46. The molecule has 4 N–H and O–H groups in total. The average Bonchev–Trinajstić information content (AvgIpc) is 2.30. The summed E-state index contributed by atoms with van der Waals surface area (Å²) in [6.45, 7) is 5.49. The van der Waals surface area contributed by atoms with Crippen molar-refractivity contribution in [3.8, 4) is 0 Å². The van der Waals surface area contributed by atoms with Crippen molar-refractivity contribution in [1.29, 1.82) is 0 Å². The fraction of sp³-hybridized carbons (Fsp3) is 0.615. The smallest absolute Gasteiger partial charge is 0.320 e. The second kappa shape index (κ2) is 9.89. The van der Waals surface area contributed by atoms with Gasteiger partial charge in [0, 0.05) is 6.54 Å². The summed E-state index contributed by atoms with van der Waals surface area (Å²) in [6.07, 6.45) is 0.652. The van der Waals surface area contributed by atoms with E-state index in [0.29, 0.717) is 19.5 Å². The number of hydrogen-bond donors (Lipinski definition) is 4. The second-order valence-electron chi connectivity index (χ2n) is 4.82. The van der Waals surface area contributed by atoms with Crippen molar-refractivity contribution in [2.45, 2.75) is 25.8 Å². The molecule has 0 aromatic heterocycles. The second-order valence-corrected chi connectivity index (χ2v) is 4.82. The Bertz CT molecular complexity index is 380. The number of nitrogens with zero attached hydrogens (tertiary/aromatic N) is 1. The van der Waals surface area contributed by atoms with Crippen molar-refractivity contribution in [2.75, 3.05) is 26.2 Å². The topological polar surface area (TPSA) is 127 Å². The Morgan fingerprint density at radius 3 is 2.05 bits per heavy atom. The van der Waals surface area contributed by atoms with Gasteiger partial charge in [0.25, 0.3) is 0 Å². The number of nitrogens with one attached hydrogen (secondary N) is 1. The summed E-state index contributed by atoms with van der Waals surface area (Å²) in [4.78, 5) is 33.6. The largest absolute Gasteiger partial charge is 0.480 e. The highest BCUT2D eigenvalue weighted by molar-refractivity contribution is 5.78. The van der Waals surface area contributed by atoms with E-state index in [9.17, 15) is 14.4 Å². The molecule has 0 bridgehead atoms. The minimum absolute atomic E-state index is 0.166.